The van der Waals surface area contributed by atoms with E-state index < -0.39 is 0 Å². The van der Waals surface area contributed by atoms with Crippen LogP contribution in [0.2, 0.25) is 0 Å². The molecule has 1 nitrogen and oxygen atoms in total. The molecule has 0 aliphatic carbocycles. The third kappa shape index (κ3) is 2.52. The molecule has 1 atom stereocenters. The Morgan fingerprint density at radius 3 is 2.62 bits per heavy atom. The van der Waals surface area contributed by atoms with Gasteiger partial charge in [0.05, 0.1) is 0 Å². The molecule has 1 aromatic heterocycles. The second-order valence-corrected chi connectivity index (χ2v) is 5.01. The number of rotatable bonds is 4. The summed E-state index contributed by atoms with van der Waals surface area (Å²) >= 11 is 1.83. The molecule has 1 aromatic carbocycles. The number of hydrogen-bond acceptors (Lipinski definition) is 2. The molecule has 0 saturated carbocycles. The Morgan fingerprint density at radius 2 is 2.00 bits per heavy atom. The first-order chi connectivity index (χ1) is 7.81. The standard InChI is InChI=1S/C14H17NS/c1-11-6-3-4-8-13(11)14(15-2)10-12-7-5-9-16-12/h3-9,14-15H,10H2,1-2H3. The molecule has 16 heavy (non-hydrogen) atoms. The van der Waals surface area contributed by atoms with Gasteiger partial charge in [-0.05, 0) is 36.5 Å². The summed E-state index contributed by atoms with van der Waals surface area (Å²) in [5.74, 6) is 0. The molecule has 0 radical (unpaired) electrons. The van der Waals surface area contributed by atoms with Crippen LogP contribution in [-0.2, 0) is 6.42 Å². The molecule has 0 saturated heterocycles. The van der Waals surface area contributed by atoms with Crippen LogP contribution in [0.1, 0.15) is 22.0 Å². The van der Waals surface area contributed by atoms with Gasteiger partial charge < -0.3 is 5.32 Å². The van der Waals surface area contributed by atoms with Crippen molar-refractivity contribution in [2.45, 2.75) is 19.4 Å². The molecule has 1 unspecified atom stereocenters. The molecule has 1 N–H and O–H groups in total. The molecule has 84 valence electrons. The monoisotopic (exact) mass is 231 g/mol. The van der Waals surface area contributed by atoms with Crippen molar-refractivity contribution < 1.29 is 0 Å². The van der Waals surface area contributed by atoms with Crippen LogP contribution in [0.5, 0.6) is 0 Å². The van der Waals surface area contributed by atoms with Gasteiger partial charge in [-0.25, -0.2) is 0 Å². The maximum atomic E-state index is 3.40. The van der Waals surface area contributed by atoms with Gasteiger partial charge in [-0.1, -0.05) is 30.3 Å². The summed E-state index contributed by atoms with van der Waals surface area (Å²) in [6.45, 7) is 2.17. The second-order valence-electron chi connectivity index (χ2n) is 3.98. The van der Waals surface area contributed by atoms with E-state index in [9.17, 15) is 0 Å². The number of aryl methyl sites for hydroxylation is 1. The summed E-state index contributed by atoms with van der Waals surface area (Å²) < 4.78 is 0. The van der Waals surface area contributed by atoms with Gasteiger partial charge in [0.15, 0.2) is 0 Å². The summed E-state index contributed by atoms with van der Waals surface area (Å²) in [7, 11) is 2.03. The molecule has 0 bridgehead atoms. The van der Waals surface area contributed by atoms with Gasteiger partial charge in [0, 0.05) is 17.3 Å². The summed E-state index contributed by atoms with van der Waals surface area (Å²) in [4.78, 5) is 1.43. The SMILES string of the molecule is CNC(Cc1cccs1)c1ccccc1C. The first kappa shape index (κ1) is 11.4. The lowest BCUT2D eigenvalue weighted by atomic mass is 9.98. The molecule has 2 heteroatoms. The van der Waals surface area contributed by atoms with Crippen molar-refractivity contribution in [1.82, 2.24) is 5.32 Å². The van der Waals surface area contributed by atoms with Crippen LogP contribution < -0.4 is 5.32 Å². The number of benzene rings is 1. The maximum absolute atomic E-state index is 3.40. The highest BCUT2D eigenvalue weighted by Crippen LogP contribution is 2.23. The zero-order valence-electron chi connectivity index (χ0n) is 9.73. The van der Waals surface area contributed by atoms with E-state index in [-0.39, 0.29) is 0 Å². The molecule has 0 spiro atoms. The molecule has 0 aliphatic rings. The van der Waals surface area contributed by atoms with E-state index in [2.05, 4.69) is 54.0 Å². The van der Waals surface area contributed by atoms with E-state index >= 15 is 0 Å². The Hall–Kier alpha value is -1.12. The predicted molar refractivity (Wildman–Crippen MR) is 71.0 cm³/mol. The first-order valence-electron chi connectivity index (χ1n) is 5.56. The van der Waals surface area contributed by atoms with Gasteiger partial charge in [-0.15, -0.1) is 11.3 Å². The molecule has 1 heterocycles. The van der Waals surface area contributed by atoms with Gasteiger partial charge in [0.25, 0.3) is 0 Å². The van der Waals surface area contributed by atoms with Gasteiger partial charge in [0.1, 0.15) is 0 Å². The first-order valence-corrected chi connectivity index (χ1v) is 6.44. The van der Waals surface area contributed by atoms with Crippen molar-refractivity contribution in [3.8, 4) is 0 Å². The van der Waals surface area contributed by atoms with Gasteiger partial charge in [-0.2, -0.15) is 0 Å². The van der Waals surface area contributed by atoms with Crippen molar-refractivity contribution in [3.05, 3.63) is 57.8 Å². The summed E-state index contributed by atoms with van der Waals surface area (Å²) in [5.41, 5.74) is 2.76. The fraction of sp³-hybridized carbons (Fsp3) is 0.286. The third-order valence-electron chi connectivity index (χ3n) is 2.90. The summed E-state index contributed by atoms with van der Waals surface area (Å²) in [5, 5.41) is 5.54. The van der Waals surface area contributed by atoms with E-state index in [1.165, 1.54) is 16.0 Å². The molecule has 2 rings (SSSR count). The fourth-order valence-electron chi connectivity index (χ4n) is 1.98. The van der Waals surface area contributed by atoms with Gasteiger partial charge in [-0.3, -0.25) is 0 Å². The van der Waals surface area contributed by atoms with Crippen molar-refractivity contribution in [3.63, 3.8) is 0 Å². The van der Waals surface area contributed by atoms with E-state index in [1.807, 2.05) is 18.4 Å². The molecule has 2 aromatic rings. The lowest BCUT2D eigenvalue weighted by Gasteiger charge is -2.18. The third-order valence-corrected chi connectivity index (χ3v) is 3.80. The maximum Gasteiger partial charge on any atom is 0.0368 e. The minimum atomic E-state index is 0.417. The summed E-state index contributed by atoms with van der Waals surface area (Å²) in [6, 6.07) is 13.3. The Bertz CT molecular complexity index is 434. The average molecular weight is 231 g/mol. The van der Waals surface area contributed by atoms with Crippen LogP contribution in [0.3, 0.4) is 0 Å². The van der Waals surface area contributed by atoms with E-state index in [1.54, 1.807) is 0 Å². The van der Waals surface area contributed by atoms with Crippen LogP contribution in [-0.4, -0.2) is 7.05 Å². The highest BCUT2D eigenvalue weighted by Gasteiger charge is 2.12. The average Bonchev–Trinajstić information content (AvgIpc) is 2.80. The number of likely N-dealkylation sites (N-methyl/N-ethyl adjacent to an activating group) is 1. The minimum Gasteiger partial charge on any atom is -0.313 e. The van der Waals surface area contributed by atoms with Crippen LogP contribution >= 0.6 is 11.3 Å². The Balaban J connectivity index is 2.20. The highest BCUT2D eigenvalue weighted by molar-refractivity contribution is 7.09. The highest BCUT2D eigenvalue weighted by atomic mass is 32.1. The number of nitrogens with one attached hydrogen (secondary N) is 1. The van der Waals surface area contributed by atoms with E-state index in [0.717, 1.165) is 6.42 Å². The van der Waals surface area contributed by atoms with Crippen LogP contribution in [0.25, 0.3) is 0 Å². The van der Waals surface area contributed by atoms with Crippen molar-refractivity contribution >= 4 is 11.3 Å². The zero-order valence-corrected chi connectivity index (χ0v) is 10.6. The van der Waals surface area contributed by atoms with Crippen LogP contribution in [0, 0.1) is 6.92 Å². The smallest absolute Gasteiger partial charge is 0.0368 e. The van der Waals surface area contributed by atoms with Crippen molar-refractivity contribution in [2.24, 2.45) is 0 Å². The normalized spacial score (nSPS) is 12.6. The van der Waals surface area contributed by atoms with Crippen molar-refractivity contribution in [2.75, 3.05) is 7.05 Å². The quantitative estimate of drug-likeness (QED) is 0.848. The molecular formula is C14H17NS. The van der Waals surface area contributed by atoms with Gasteiger partial charge in [0.2, 0.25) is 0 Å². The Labute approximate surface area is 101 Å². The topological polar surface area (TPSA) is 12.0 Å². The summed E-state index contributed by atoms with van der Waals surface area (Å²) in [6.07, 6.45) is 1.07. The van der Waals surface area contributed by atoms with Crippen LogP contribution in [0.4, 0.5) is 0 Å². The molecule has 0 aliphatic heterocycles. The van der Waals surface area contributed by atoms with Crippen LogP contribution in [0.15, 0.2) is 41.8 Å². The Kier molecular flexibility index (Phi) is 3.75. The predicted octanol–water partition coefficient (Wildman–Crippen LogP) is 3.56. The molecule has 0 amide bonds. The lowest BCUT2D eigenvalue weighted by molar-refractivity contribution is 0.593. The number of hydrogen-bond donors (Lipinski definition) is 1. The van der Waals surface area contributed by atoms with Gasteiger partial charge >= 0.3 is 0 Å². The van der Waals surface area contributed by atoms with Crippen molar-refractivity contribution in [1.29, 1.82) is 0 Å². The van der Waals surface area contributed by atoms with E-state index in [0.29, 0.717) is 6.04 Å². The molecular weight excluding hydrogens is 214 g/mol. The Morgan fingerprint density at radius 1 is 1.19 bits per heavy atom. The second kappa shape index (κ2) is 5.28. The fourth-order valence-corrected chi connectivity index (χ4v) is 2.73. The molecule has 0 fully saturated rings. The van der Waals surface area contributed by atoms with E-state index in [4.69, 9.17) is 0 Å². The zero-order chi connectivity index (χ0) is 11.4. The largest absolute Gasteiger partial charge is 0.313 e. The lowest BCUT2D eigenvalue weighted by Crippen LogP contribution is -2.19. The number of thiophene rings is 1. The minimum absolute atomic E-state index is 0.417.